The molecule has 0 bridgehead atoms. The summed E-state index contributed by atoms with van der Waals surface area (Å²) in [7, 11) is 0. The minimum Gasteiger partial charge on any atom is -0.370 e. The monoisotopic (exact) mass is 265 g/mol. The summed E-state index contributed by atoms with van der Waals surface area (Å²) in [5, 5.41) is 4.16. The second kappa shape index (κ2) is 5.59. The van der Waals surface area contributed by atoms with E-state index in [-0.39, 0.29) is 6.10 Å². The van der Waals surface area contributed by atoms with Crippen molar-refractivity contribution in [3.63, 3.8) is 0 Å². The molecule has 0 aromatic carbocycles. The molecule has 2 aliphatic carbocycles. The summed E-state index contributed by atoms with van der Waals surface area (Å²) >= 11 is 0. The van der Waals surface area contributed by atoms with Crippen molar-refractivity contribution in [2.45, 2.75) is 51.0 Å². The molecule has 19 heavy (non-hydrogen) atoms. The Bertz CT molecular complexity index is 400. The highest BCUT2D eigenvalue weighted by Crippen LogP contribution is 2.43. The minimum absolute atomic E-state index is 0.0280. The third kappa shape index (κ3) is 2.67. The van der Waals surface area contributed by atoms with Gasteiger partial charge in [-0.25, -0.2) is 0 Å². The van der Waals surface area contributed by atoms with Gasteiger partial charge in [0.05, 0.1) is 0 Å². The van der Waals surface area contributed by atoms with Gasteiger partial charge in [-0.2, -0.15) is 4.98 Å². The molecule has 1 aromatic rings. The summed E-state index contributed by atoms with van der Waals surface area (Å²) in [5.74, 6) is 2.95. The second-order valence-corrected chi connectivity index (χ2v) is 5.74. The van der Waals surface area contributed by atoms with E-state index in [9.17, 15) is 0 Å². The first-order valence-corrected chi connectivity index (χ1v) is 7.48. The number of aromatic nitrogens is 2. The van der Waals surface area contributed by atoms with E-state index in [0.29, 0.717) is 30.9 Å². The predicted octanol–water partition coefficient (Wildman–Crippen LogP) is 2.40. The highest BCUT2D eigenvalue weighted by Gasteiger charge is 2.38. The molecule has 5 nitrogen and oxygen atoms in total. The van der Waals surface area contributed by atoms with Crippen molar-refractivity contribution in [1.29, 1.82) is 0 Å². The van der Waals surface area contributed by atoms with E-state index in [2.05, 4.69) is 10.1 Å². The minimum atomic E-state index is 0.0280. The van der Waals surface area contributed by atoms with Crippen LogP contribution in [0.3, 0.4) is 0 Å². The summed E-state index contributed by atoms with van der Waals surface area (Å²) in [5.41, 5.74) is 5.82. The Kier molecular flexibility index (Phi) is 3.84. The van der Waals surface area contributed by atoms with Crippen LogP contribution in [0.1, 0.15) is 62.8 Å². The fourth-order valence-corrected chi connectivity index (χ4v) is 3.16. The number of nitrogens with zero attached hydrogens (tertiary/aromatic N) is 2. The van der Waals surface area contributed by atoms with Crippen molar-refractivity contribution in [3.8, 4) is 0 Å². The Balaban J connectivity index is 1.74. The number of nitrogens with two attached hydrogens (primary N) is 1. The van der Waals surface area contributed by atoms with E-state index in [1.165, 1.54) is 25.7 Å². The van der Waals surface area contributed by atoms with E-state index in [1.54, 1.807) is 0 Å². The molecule has 2 saturated carbocycles. The standard InChI is InChI=1S/C14H23N3O2/c1-2-18-12(9-6-7-9)13-16-14(19-17-13)11-5-3-4-10(11)8-15/h9-12H,2-8,15H2,1H3. The van der Waals surface area contributed by atoms with Crippen LogP contribution in [0.4, 0.5) is 0 Å². The van der Waals surface area contributed by atoms with Crippen molar-refractivity contribution in [3.05, 3.63) is 11.7 Å². The van der Waals surface area contributed by atoms with Crippen LogP contribution in [0, 0.1) is 11.8 Å². The molecular weight excluding hydrogens is 242 g/mol. The lowest BCUT2D eigenvalue weighted by Crippen LogP contribution is -2.17. The van der Waals surface area contributed by atoms with Gasteiger partial charge < -0.3 is 15.0 Å². The summed E-state index contributed by atoms with van der Waals surface area (Å²) in [6.07, 6.45) is 5.96. The first-order chi connectivity index (χ1) is 9.33. The molecule has 1 aromatic heterocycles. The lowest BCUT2D eigenvalue weighted by atomic mass is 9.96. The van der Waals surface area contributed by atoms with Gasteiger partial charge in [0.1, 0.15) is 6.10 Å². The molecule has 5 heteroatoms. The van der Waals surface area contributed by atoms with E-state index >= 15 is 0 Å². The van der Waals surface area contributed by atoms with Crippen LogP contribution in [0.2, 0.25) is 0 Å². The summed E-state index contributed by atoms with van der Waals surface area (Å²) in [6.45, 7) is 3.41. The van der Waals surface area contributed by atoms with Crippen LogP contribution in [0.5, 0.6) is 0 Å². The molecule has 1 heterocycles. The van der Waals surface area contributed by atoms with Gasteiger partial charge in [0, 0.05) is 12.5 Å². The first kappa shape index (κ1) is 13.1. The van der Waals surface area contributed by atoms with Gasteiger partial charge in [0.15, 0.2) is 0 Å². The normalized spacial score (nSPS) is 28.7. The van der Waals surface area contributed by atoms with E-state index < -0.39 is 0 Å². The quantitative estimate of drug-likeness (QED) is 0.855. The molecule has 2 N–H and O–H groups in total. The zero-order valence-electron chi connectivity index (χ0n) is 11.5. The number of rotatable bonds is 6. The average molecular weight is 265 g/mol. The summed E-state index contributed by atoms with van der Waals surface area (Å²) in [6, 6.07) is 0. The summed E-state index contributed by atoms with van der Waals surface area (Å²) < 4.78 is 11.3. The lowest BCUT2D eigenvalue weighted by Gasteiger charge is -2.13. The van der Waals surface area contributed by atoms with Crippen molar-refractivity contribution in [2.24, 2.45) is 17.6 Å². The van der Waals surface area contributed by atoms with Gasteiger partial charge in [-0.15, -0.1) is 0 Å². The molecule has 0 saturated heterocycles. The van der Waals surface area contributed by atoms with Gasteiger partial charge >= 0.3 is 0 Å². The molecule has 0 radical (unpaired) electrons. The topological polar surface area (TPSA) is 74.2 Å². The molecule has 2 fully saturated rings. The zero-order chi connectivity index (χ0) is 13.2. The molecule has 2 aliphatic rings. The molecule has 3 unspecified atom stereocenters. The first-order valence-electron chi connectivity index (χ1n) is 7.48. The Morgan fingerprint density at radius 1 is 1.37 bits per heavy atom. The largest absolute Gasteiger partial charge is 0.370 e. The zero-order valence-corrected chi connectivity index (χ0v) is 11.5. The smallest absolute Gasteiger partial charge is 0.230 e. The van der Waals surface area contributed by atoms with Crippen LogP contribution >= 0.6 is 0 Å². The Hall–Kier alpha value is -0.940. The van der Waals surface area contributed by atoms with Crippen LogP contribution in [0.25, 0.3) is 0 Å². The SMILES string of the molecule is CCOC(c1noc(C2CCCC2CN)n1)C1CC1. The molecule has 0 aliphatic heterocycles. The highest BCUT2D eigenvalue weighted by molar-refractivity contribution is 5.04. The highest BCUT2D eigenvalue weighted by atomic mass is 16.5. The van der Waals surface area contributed by atoms with E-state index in [4.69, 9.17) is 15.0 Å². The average Bonchev–Trinajstić information content (AvgIpc) is 2.96. The Morgan fingerprint density at radius 2 is 2.21 bits per heavy atom. The van der Waals surface area contributed by atoms with Gasteiger partial charge in [-0.1, -0.05) is 11.6 Å². The van der Waals surface area contributed by atoms with Crippen LogP contribution in [-0.4, -0.2) is 23.3 Å². The molecule has 106 valence electrons. The van der Waals surface area contributed by atoms with Gasteiger partial charge in [0.25, 0.3) is 0 Å². The Labute approximate surface area is 113 Å². The molecule has 3 atom stereocenters. The van der Waals surface area contributed by atoms with E-state index in [0.717, 1.165) is 18.1 Å². The van der Waals surface area contributed by atoms with Crippen LogP contribution in [-0.2, 0) is 4.74 Å². The summed E-state index contributed by atoms with van der Waals surface area (Å²) in [4.78, 5) is 4.61. The second-order valence-electron chi connectivity index (χ2n) is 5.74. The molecular formula is C14H23N3O2. The third-order valence-electron chi connectivity index (χ3n) is 4.39. The van der Waals surface area contributed by atoms with E-state index in [1.807, 2.05) is 6.92 Å². The Morgan fingerprint density at radius 3 is 2.89 bits per heavy atom. The number of ether oxygens (including phenoxy) is 1. The van der Waals surface area contributed by atoms with Gasteiger partial charge in [0.2, 0.25) is 11.7 Å². The third-order valence-corrected chi connectivity index (χ3v) is 4.39. The fraction of sp³-hybridized carbons (Fsp3) is 0.857. The molecule has 0 spiro atoms. The maximum Gasteiger partial charge on any atom is 0.230 e. The fourth-order valence-electron chi connectivity index (χ4n) is 3.16. The van der Waals surface area contributed by atoms with Crippen molar-refractivity contribution >= 4 is 0 Å². The number of hydrogen-bond acceptors (Lipinski definition) is 5. The van der Waals surface area contributed by atoms with Crippen molar-refractivity contribution < 1.29 is 9.26 Å². The number of hydrogen-bond donors (Lipinski definition) is 1. The molecule has 3 rings (SSSR count). The molecule has 0 amide bonds. The maximum absolute atomic E-state index is 5.82. The van der Waals surface area contributed by atoms with Gasteiger partial charge in [-0.3, -0.25) is 0 Å². The lowest BCUT2D eigenvalue weighted by molar-refractivity contribution is 0.0384. The van der Waals surface area contributed by atoms with Crippen LogP contribution < -0.4 is 5.73 Å². The van der Waals surface area contributed by atoms with Crippen molar-refractivity contribution in [1.82, 2.24) is 10.1 Å². The van der Waals surface area contributed by atoms with Crippen molar-refractivity contribution in [2.75, 3.05) is 13.2 Å². The maximum atomic E-state index is 5.82. The predicted molar refractivity (Wildman–Crippen MR) is 70.5 cm³/mol. The van der Waals surface area contributed by atoms with Crippen LogP contribution in [0.15, 0.2) is 4.52 Å². The van der Waals surface area contributed by atoms with Gasteiger partial charge in [-0.05, 0) is 51.0 Å².